The van der Waals surface area contributed by atoms with Gasteiger partial charge >= 0.3 is 0 Å². The summed E-state index contributed by atoms with van der Waals surface area (Å²) in [6.07, 6.45) is 0. The van der Waals surface area contributed by atoms with E-state index in [9.17, 15) is 8.42 Å². The minimum atomic E-state index is -3.47. The van der Waals surface area contributed by atoms with Crippen LogP contribution in [-0.2, 0) is 27.1 Å². The molecule has 0 bridgehead atoms. The number of anilines is 1. The number of nitrogens with one attached hydrogen (secondary N) is 1. The van der Waals surface area contributed by atoms with E-state index in [0.717, 1.165) is 16.9 Å². The summed E-state index contributed by atoms with van der Waals surface area (Å²) >= 11 is 1.16. The van der Waals surface area contributed by atoms with E-state index in [4.69, 9.17) is 4.74 Å². The Morgan fingerprint density at radius 3 is 2.68 bits per heavy atom. The molecule has 0 saturated heterocycles. The topological polar surface area (TPSA) is 81.2 Å². The first-order valence-corrected chi connectivity index (χ1v) is 7.92. The van der Waals surface area contributed by atoms with Crippen molar-refractivity contribution in [2.45, 2.75) is 12.4 Å². The number of ether oxygens (including phenoxy) is 1. The van der Waals surface area contributed by atoms with Crippen molar-refractivity contribution < 1.29 is 13.2 Å². The highest BCUT2D eigenvalue weighted by molar-refractivity contribution is 7.92. The molecule has 0 atom stereocenters. The fourth-order valence-corrected chi connectivity index (χ4v) is 3.56. The largest absolute Gasteiger partial charge is 0.377 e. The number of aromatic nitrogens is 2. The van der Waals surface area contributed by atoms with Crippen LogP contribution in [0, 0.1) is 0 Å². The number of hydrogen-bond donors (Lipinski definition) is 1. The van der Waals surface area contributed by atoms with Crippen molar-refractivity contribution in [2.24, 2.45) is 0 Å². The summed E-state index contributed by atoms with van der Waals surface area (Å²) in [7, 11) is -1.93. The Kier molecular flexibility index (Phi) is 4.46. The van der Waals surface area contributed by atoms with Crippen LogP contribution >= 0.6 is 11.3 Å². The van der Waals surface area contributed by atoms with Crippen LogP contribution in [0.15, 0.2) is 30.3 Å². The average Bonchev–Trinajstić information content (AvgIpc) is 2.77. The first-order valence-electron chi connectivity index (χ1n) is 5.45. The van der Waals surface area contributed by atoms with E-state index in [-0.39, 0.29) is 10.9 Å². The van der Waals surface area contributed by atoms with Crippen molar-refractivity contribution >= 4 is 26.5 Å². The van der Waals surface area contributed by atoms with Crippen molar-refractivity contribution in [1.29, 1.82) is 0 Å². The van der Waals surface area contributed by atoms with E-state index < -0.39 is 10.0 Å². The van der Waals surface area contributed by atoms with Crippen LogP contribution < -0.4 is 4.72 Å². The van der Waals surface area contributed by atoms with Crippen LogP contribution in [0.25, 0.3) is 0 Å². The lowest BCUT2D eigenvalue weighted by atomic mass is 10.2. The zero-order valence-corrected chi connectivity index (χ0v) is 11.9. The zero-order valence-electron chi connectivity index (χ0n) is 10.2. The van der Waals surface area contributed by atoms with Crippen LogP contribution in [0.1, 0.15) is 10.6 Å². The molecule has 0 radical (unpaired) electrons. The molecule has 0 spiro atoms. The summed E-state index contributed by atoms with van der Waals surface area (Å²) in [4.78, 5) is 0. The summed E-state index contributed by atoms with van der Waals surface area (Å²) in [6, 6.07) is 8.95. The molecule has 2 rings (SSSR count). The molecular formula is C11H13N3O3S2. The quantitative estimate of drug-likeness (QED) is 0.876. The Morgan fingerprint density at radius 1 is 1.26 bits per heavy atom. The van der Waals surface area contributed by atoms with Gasteiger partial charge in [-0.25, -0.2) is 8.42 Å². The van der Waals surface area contributed by atoms with Crippen molar-refractivity contribution in [3.8, 4) is 0 Å². The van der Waals surface area contributed by atoms with Crippen molar-refractivity contribution in [3.63, 3.8) is 0 Å². The lowest BCUT2D eigenvalue weighted by Gasteiger charge is -2.04. The number of hydrogen-bond acceptors (Lipinski definition) is 6. The van der Waals surface area contributed by atoms with Crippen molar-refractivity contribution in [3.05, 3.63) is 40.9 Å². The fourth-order valence-electron chi connectivity index (χ4n) is 1.44. The molecule has 0 aliphatic rings. The molecular weight excluding hydrogens is 286 g/mol. The second-order valence-electron chi connectivity index (χ2n) is 3.78. The molecule has 0 amide bonds. The highest BCUT2D eigenvalue weighted by atomic mass is 32.2. The van der Waals surface area contributed by atoms with Gasteiger partial charge in [-0.15, -0.1) is 10.2 Å². The van der Waals surface area contributed by atoms with Gasteiger partial charge in [-0.05, 0) is 5.56 Å². The van der Waals surface area contributed by atoms with Gasteiger partial charge < -0.3 is 4.74 Å². The molecule has 0 aliphatic heterocycles. The van der Waals surface area contributed by atoms with Gasteiger partial charge in [0.15, 0.2) is 0 Å². The monoisotopic (exact) mass is 299 g/mol. The molecule has 8 heteroatoms. The van der Waals surface area contributed by atoms with Gasteiger partial charge in [-0.3, -0.25) is 4.72 Å². The summed E-state index contributed by atoms with van der Waals surface area (Å²) in [5, 5.41) is 8.45. The van der Waals surface area contributed by atoms with Gasteiger partial charge in [0, 0.05) is 7.11 Å². The van der Waals surface area contributed by atoms with Gasteiger partial charge in [-0.1, -0.05) is 41.7 Å². The highest BCUT2D eigenvalue weighted by Crippen LogP contribution is 2.18. The number of nitrogens with zero attached hydrogens (tertiary/aromatic N) is 2. The van der Waals surface area contributed by atoms with Crippen LogP contribution in [0.2, 0.25) is 0 Å². The van der Waals surface area contributed by atoms with Crippen LogP contribution in [-0.4, -0.2) is 25.7 Å². The normalized spacial score (nSPS) is 11.4. The van der Waals surface area contributed by atoms with Gasteiger partial charge in [0.2, 0.25) is 15.2 Å². The smallest absolute Gasteiger partial charge is 0.238 e. The number of sulfonamides is 1. The van der Waals surface area contributed by atoms with Gasteiger partial charge in [0.1, 0.15) is 11.6 Å². The maximum Gasteiger partial charge on any atom is 0.238 e. The maximum atomic E-state index is 11.9. The second kappa shape index (κ2) is 6.09. The van der Waals surface area contributed by atoms with Crippen molar-refractivity contribution in [2.75, 3.05) is 11.8 Å². The molecule has 1 aromatic heterocycles. The Morgan fingerprint density at radius 2 is 2.00 bits per heavy atom. The summed E-state index contributed by atoms with van der Waals surface area (Å²) < 4.78 is 31.2. The summed E-state index contributed by atoms with van der Waals surface area (Å²) in [5.41, 5.74) is 0.719. The van der Waals surface area contributed by atoms with E-state index in [1.807, 2.05) is 6.07 Å². The Balaban J connectivity index is 2.04. The van der Waals surface area contributed by atoms with Gasteiger partial charge in [0.25, 0.3) is 0 Å². The fraction of sp³-hybridized carbons (Fsp3) is 0.273. The third-order valence-corrected chi connectivity index (χ3v) is 4.34. The Bertz CT molecular complexity index is 626. The molecule has 19 heavy (non-hydrogen) atoms. The van der Waals surface area contributed by atoms with E-state index in [1.54, 1.807) is 31.4 Å². The van der Waals surface area contributed by atoms with E-state index in [0.29, 0.717) is 11.6 Å². The lowest BCUT2D eigenvalue weighted by Crippen LogP contribution is -2.14. The van der Waals surface area contributed by atoms with Crippen LogP contribution in [0.4, 0.5) is 5.13 Å². The van der Waals surface area contributed by atoms with Crippen LogP contribution in [0.3, 0.4) is 0 Å². The van der Waals surface area contributed by atoms with Gasteiger partial charge in [0.05, 0.1) is 5.75 Å². The second-order valence-corrected chi connectivity index (χ2v) is 6.57. The highest BCUT2D eigenvalue weighted by Gasteiger charge is 2.14. The summed E-state index contributed by atoms with van der Waals surface area (Å²) in [5.74, 6) is -0.0902. The number of rotatable bonds is 6. The maximum absolute atomic E-state index is 11.9. The van der Waals surface area contributed by atoms with Gasteiger partial charge in [-0.2, -0.15) is 0 Å². The molecule has 1 aromatic carbocycles. The Hall–Kier alpha value is -1.51. The third-order valence-electron chi connectivity index (χ3n) is 2.18. The molecule has 0 aliphatic carbocycles. The molecule has 0 unspecified atom stereocenters. The molecule has 0 saturated carbocycles. The molecule has 1 N–H and O–H groups in total. The molecule has 102 valence electrons. The first-order chi connectivity index (χ1) is 9.09. The molecule has 2 aromatic rings. The van der Waals surface area contributed by atoms with Crippen molar-refractivity contribution in [1.82, 2.24) is 10.2 Å². The van der Waals surface area contributed by atoms with Crippen LogP contribution in [0.5, 0.6) is 0 Å². The van der Waals surface area contributed by atoms with E-state index in [2.05, 4.69) is 14.9 Å². The third kappa shape index (κ3) is 4.27. The minimum Gasteiger partial charge on any atom is -0.377 e. The number of benzene rings is 1. The average molecular weight is 299 g/mol. The SMILES string of the molecule is COCc1nnc(NS(=O)(=O)Cc2ccccc2)s1. The predicted molar refractivity (Wildman–Crippen MR) is 73.3 cm³/mol. The zero-order chi connectivity index (χ0) is 13.7. The lowest BCUT2D eigenvalue weighted by molar-refractivity contribution is 0.184. The molecule has 0 fully saturated rings. The van der Waals surface area contributed by atoms with E-state index >= 15 is 0 Å². The van der Waals surface area contributed by atoms with E-state index in [1.165, 1.54) is 0 Å². The Labute approximate surface area is 115 Å². The predicted octanol–water partition coefficient (Wildman–Crippen LogP) is 1.63. The first kappa shape index (κ1) is 13.9. The molecule has 6 nitrogen and oxygen atoms in total. The molecule has 1 heterocycles. The minimum absolute atomic E-state index is 0.0902. The number of methoxy groups -OCH3 is 1. The summed E-state index contributed by atoms with van der Waals surface area (Å²) in [6.45, 7) is 0.318. The standard InChI is InChI=1S/C11H13N3O3S2/c1-17-7-10-12-13-11(18-10)14-19(15,16)8-9-5-3-2-4-6-9/h2-6H,7-8H2,1H3,(H,13,14).